The van der Waals surface area contributed by atoms with Gasteiger partial charge in [0.15, 0.2) is 0 Å². The molecule has 1 aliphatic rings. The minimum atomic E-state index is -0.115. The monoisotopic (exact) mass is 487 g/mol. The van der Waals surface area contributed by atoms with E-state index in [1.807, 2.05) is 48.7 Å². The zero-order valence-electron chi connectivity index (χ0n) is 19.8. The van der Waals surface area contributed by atoms with E-state index in [4.69, 9.17) is 9.72 Å². The number of aromatic nitrogens is 2. The highest BCUT2D eigenvalue weighted by molar-refractivity contribution is 7.13. The molecule has 0 spiro atoms. The maximum atomic E-state index is 13.2. The number of hydrogen-bond acceptors (Lipinski definition) is 5. The molecule has 1 amide bonds. The number of methoxy groups -OCH3 is 1. The number of carbonyl (C=O) groups excluding carboxylic acids is 2. The number of nitrogens with one attached hydrogen (secondary N) is 1. The summed E-state index contributed by atoms with van der Waals surface area (Å²) in [6, 6.07) is 18.1. The Labute approximate surface area is 209 Å². The van der Waals surface area contributed by atoms with Gasteiger partial charge in [0.2, 0.25) is 0 Å². The fraction of sp³-hybridized carbons (Fsp3) is 0.321. The number of carbonyl (C=O) groups is 2. The van der Waals surface area contributed by atoms with Gasteiger partial charge in [0.25, 0.3) is 5.91 Å². The molecular formula is C28H29N3O3S. The summed E-state index contributed by atoms with van der Waals surface area (Å²) in [6.07, 6.45) is 5.52. The Morgan fingerprint density at radius 1 is 1.06 bits per heavy atom. The van der Waals surface area contributed by atoms with Gasteiger partial charge < -0.3 is 14.6 Å². The Hall–Kier alpha value is -3.45. The number of para-hydroxylation sites is 1. The van der Waals surface area contributed by atoms with Crippen molar-refractivity contribution in [2.45, 2.75) is 32.2 Å². The number of thiazole rings is 1. The van der Waals surface area contributed by atoms with Crippen LogP contribution in [-0.2, 0) is 16.1 Å². The van der Waals surface area contributed by atoms with Gasteiger partial charge >= 0.3 is 5.97 Å². The fourth-order valence-corrected chi connectivity index (χ4v) is 5.76. The van der Waals surface area contributed by atoms with E-state index < -0.39 is 0 Å². The highest BCUT2D eigenvalue weighted by Gasteiger charge is 2.27. The summed E-state index contributed by atoms with van der Waals surface area (Å²) in [5, 5.41) is 7.26. The summed E-state index contributed by atoms with van der Waals surface area (Å²) in [6.45, 7) is 1.23. The van der Waals surface area contributed by atoms with Crippen LogP contribution in [0.2, 0.25) is 0 Å². The largest absolute Gasteiger partial charge is 0.469 e. The van der Waals surface area contributed by atoms with Crippen molar-refractivity contribution in [3.05, 3.63) is 77.4 Å². The standard InChI is InChI=1S/C28H29N3O3S/c1-34-28(33)22-12-10-19(11-13-22)16-29-26(32)24-9-5-8-20-14-15-31(25(20)24)17-23-18-35-27(30-23)21-6-3-2-4-7-21/h2-9,14-15,18-19,22H,10-13,16-17H2,1H3,(H,29,32)/t19-,22-. The van der Waals surface area contributed by atoms with Gasteiger partial charge in [-0.1, -0.05) is 42.5 Å². The van der Waals surface area contributed by atoms with E-state index in [0.717, 1.165) is 52.9 Å². The molecule has 7 heteroatoms. The van der Waals surface area contributed by atoms with Crippen molar-refractivity contribution < 1.29 is 14.3 Å². The molecule has 35 heavy (non-hydrogen) atoms. The van der Waals surface area contributed by atoms with E-state index in [9.17, 15) is 9.59 Å². The zero-order valence-corrected chi connectivity index (χ0v) is 20.6. The predicted molar refractivity (Wildman–Crippen MR) is 138 cm³/mol. The normalized spacial score (nSPS) is 17.9. The molecule has 1 aliphatic carbocycles. The van der Waals surface area contributed by atoms with Gasteiger partial charge in [-0.3, -0.25) is 9.59 Å². The summed E-state index contributed by atoms with van der Waals surface area (Å²) in [5.41, 5.74) is 3.69. The Morgan fingerprint density at radius 2 is 1.86 bits per heavy atom. The summed E-state index contributed by atoms with van der Waals surface area (Å²) < 4.78 is 6.98. The molecule has 0 radical (unpaired) electrons. The number of amides is 1. The Morgan fingerprint density at radius 3 is 2.63 bits per heavy atom. The Balaban J connectivity index is 1.28. The first-order valence-electron chi connectivity index (χ1n) is 12.1. The first kappa shape index (κ1) is 23.3. The first-order chi connectivity index (χ1) is 17.1. The third-order valence-electron chi connectivity index (χ3n) is 6.87. The molecule has 4 aromatic rings. The third-order valence-corrected chi connectivity index (χ3v) is 7.81. The van der Waals surface area contributed by atoms with Crippen LogP contribution in [0.25, 0.3) is 21.5 Å². The van der Waals surface area contributed by atoms with Crippen LogP contribution < -0.4 is 5.32 Å². The van der Waals surface area contributed by atoms with Crippen LogP contribution in [0.4, 0.5) is 0 Å². The summed E-state index contributed by atoms with van der Waals surface area (Å²) >= 11 is 1.63. The molecule has 0 unspecified atom stereocenters. The Kier molecular flexibility index (Phi) is 6.95. The average molecular weight is 488 g/mol. The quantitative estimate of drug-likeness (QED) is 0.348. The number of ether oxygens (including phenoxy) is 1. The van der Waals surface area contributed by atoms with E-state index in [1.54, 1.807) is 11.3 Å². The number of rotatable bonds is 7. The molecule has 1 saturated carbocycles. The molecule has 2 aromatic carbocycles. The van der Waals surface area contributed by atoms with Crippen molar-refractivity contribution in [2.75, 3.05) is 13.7 Å². The van der Waals surface area contributed by atoms with Gasteiger partial charge in [0.05, 0.1) is 36.3 Å². The lowest BCUT2D eigenvalue weighted by Crippen LogP contribution is -2.33. The van der Waals surface area contributed by atoms with Crippen LogP contribution in [0.1, 0.15) is 41.7 Å². The summed E-state index contributed by atoms with van der Waals surface area (Å²) in [5.74, 6) is 0.208. The van der Waals surface area contributed by atoms with Crippen LogP contribution in [0, 0.1) is 11.8 Å². The number of hydrogen-bond donors (Lipinski definition) is 1. The number of nitrogens with zero attached hydrogens (tertiary/aromatic N) is 2. The van der Waals surface area contributed by atoms with Crippen molar-refractivity contribution in [1.29, 1.82) is 0 Å². The molecule has 0 aliphatic heterocycles. The molecule has 0 atom stereocenters. The van der Waals surface area contributed by atoms with Crippen molar-refractivity contribution >= 4 is 34.1 Å². The second-order valence-electron chi connectivity index (χ2n) is 9.15. The van der Waals surface area contributed by atoms with Crippen LogP contribution in [0.3, 0.4) is 0 Å². The van der Waals surface area contributed by atoms with E-state index in [-0.39, 0.29) is 17.8 Å². The summed E-state index contributed by atoms with van der Waals surface area (Å²) in [4.78, 5) is 29.8. The highest BCUT2D eigenvalue weighted by atomic mass is 32.1. The first-order valence-corrected chi connectivity index (χ1v) is 12.9. The van der Waals surface area contributed by atoms with Gasteiger partial charge in [-0.25, -0.2) is 4.98 Å². The number of esters is 1. The van der Waals surface area contributed by atoms with Crippen LogP contribution in [-0.4, -0.2) is 35.1 Å². The van der Waals surface area contributed by atoms with Gasteiger partial charge in [-0.05, 0) is 43.7 Å². The zero-order chi connectivity index (χ0) is 24.2. The van der Waals surface area contributed by atoms with Crippen molar-refractivity contribution in [1.82, 2.24) is 14.9 Å². The average Bonchev–Trinajstić information content (AvgIpc) is 3.55. The molecule has 1 fully saturated rings. The van der Waals surface area contributed by atoms with Crippen molar-refractivity contribution in [3.63, 3.8) is 0 Å². The second-order valence-corrected chi connectivity index (χ2v) is 10.0. The Bertz CT molecular complexity index is 1320. The lowest BCUT2D eigenvalue weighted by Gasteiger charge is -2.27. The smallest absolute Gasteiger partial charge is 0.308 e. The van der Waals surface area contributed by atoms with Crippen LogP contribution in [0.5, 0.6) is 0 Å². The van der Waals surface area contributed by atoms with Gasteiger partial charge in [0.1, 0.15) is 5.01 Å². The SMILES string of the molecule is COC(=O)[C@H]1CC[C@H](CNC(=O)c2cccc3ccn(Cc4csc(-c5ccccc5)n4)c23)CC1. The van der Waals surface area contributed by atoms with E-state index in [1.165, 1.54) is 7.11 Å². The van der Waals surface area contributed by atoms with Gasteiger partial charge in [-0.15, -0.1) is 11.3 Å². The van der Waals surface area contributed by atoms with E-state index >= 15 is 0 Å². The maximum Gasteiger partial charge on any atom is 0.308 e. The van der Waals surface area contributed by atoms with E-state index in [2.05, 4.69) is 27.4 Å². The minimum absolute atomic E-state index is 0.00269. The number of fused-ring (bicyclic) bond motifs is 1. The fourth-order valence-electron chi connectivity index (χ4n) is 4.94. The van der Waals surface area contributed by atoms with Gasteiger partial charge in [-0.2, -0.15) is 0 Å². The lowest BCUT2D eigenvalue weighted by molar-refractivity contribution is -0.146. The lowest BCUT2D eigenvalue weighted by atomic mass is 9.82. The topological polar surface area (TPSA) is 73.2 Å². The summed E-state index contributed by atoms with van der Waals surface area (Å²) in [7, 11) is 1.45. The predicted octanol–water partition coefficient (Wildman–Crippen LogP) is 5.52. The van der Waals surface area contributed by atoms with Crippen LogP contribution >= 0.6 is 11.3 Å². The molecular weight excluding hydrogens is 458 g/mol. The van der Waals surface area contributed by atoms with Crippen LogP contribution in [0.15, 0.2) is 66.2 Å². The highest BCUT2D eigenvalue weighted by Crippen LogP contribution is 2.30. The molecule has 2 aromatic heterocycles. The molecule has 5 rings (SSSR count). The van der Waals surface area contributed by atoms with Gasteiger partial charge in [0, 0.05) is 29.1 Å². The maximum absolute atomic E-state index is 13.2. The molecule has 180 valence electrons. The van der Waals surface area contributed by atoms with E-state index in [0.29, 0.717) is 24.6 Å². The minimum Gasteiger partial charge on any atom is -0.469 e. The molecule has 0 bridgehead atoms. The molecule has 1 N–H and O–H groups in total. The van der Waals surface area contributed by atoms with Crippen molar-refractivity contribution in [2.24, 2.45) is 11.8 Å². The molecule has 2 heterocycles. The number of benzene rings is 2. The molecule has 0 saturated heterocycles. The third kappa shape index (κ3) is 5.15. The molecule has 6 nitrogen and oxygen atoms in total. The second kappa shape index (κ2) is 10.4. The van der Waals surface area contributed by atoms with Crippen molar-refractivity contribution in [3.8, 4) is 10.6 Å².